The van der Waals surface area contributed by atoms with Gasteiger partial charge in [-0.1, -0.05) is 22.0 Å². The highest BCUT2D eigenvalue weighted by molar-refractivity contribution is 9.10. The van der Waals surface area contributed by atoms with E-state index >= 15 is 0 Å². The van der Waals surface area contributed by atoms with E-state index in [-0.39, 0.29) is 4.90 Å². The Kier molecular flexibility index (Phi) is 4.39. The maximum Gasteiger partial charge on any atom is 0.262 e. The van der Waals surface area contributed by atoms with Gasteiger partial charge >= 0.3 is 0 Å². The number of sulfonamides is 1. The number of hydrogen-bond donors (Lipinski definition) is 1. The molecule has 0 aromatic heterocycles. The molecule has 0 amide bonds. The van der Waals surface area contributed by atoms with E-state index in [9.17, 15) is 12.8 Å². The van der Waals surface area contributed by atoms with Crippen molar-refractivity contribution in [2.75, 3.05) is 4.72 Å². The Morgan fingerprint density at radius 2 is 1.57 bits per heavy atom. The third-order valence-corrected chi connectivity index (χ3v) is 5.90. The van der Waals surface area contributed by atoms with Crippen molar-refractivity contribution in [2.24, 2.45) is 0 Å². The Morgan fingerprint density at radius 3 is 2.14 bits per heavy atom. The first kappa shape index (κ1) is 16.0. The van der Waals surface area contributed by atoms with Crippen LogP contribution in [0.3, 0.4) is 0 Å². The summed E-state index contributed by atoms with van der Waals surface area (Å²) in [5.41, 5.74) is 2.79. The van der Waals surface area contributed by atoms with E-state index in [0.29, 0.717) is 11.3 Å². The minimum absolute atomic E-state index is 0.0549. The van der Waals surface area contributed by atoms with Crippen molar-refractivity contribution in [1.29, 1.82) is 0 Å². The molecule has 21 heavy (non-hydrogen) atoms. The second-order valence-corrected chi connectivity index (χ2v) is 7.38. The van der Waals surface area contributed by atoms with Crippen LogP contribution in [0.25, 0.3) is 0 Å². The van der Waals surface area contributed by atoms with Gasteiger partial charge in [-0.05, 0) is 61.7 Å². The van der Waals surface area contributed by atoms with Crippen molar-refractivity contribution in [2.45, 2.75) is 25.7 Å². The van der Waals surface area contributed by atoms with Crippen molar-refractivity contribution >= 4 is 31.6 Å². The molecule has 0 bridgehead atoms. The molecule has 1 N–H and O–H groups in total. The van der Waals surface area contributed by atoms with E-state index in [1.807, 2.05) is 13.8 Å². The molecule has 0 saturated heterocycles. The average Bonchev–Trinajstić information content (AvgIpc) is 2.38. The lowest BCUT2D eigenvalue weighted by Gasteiger charge is -2.13. The lowest BCUT2D eigenvalue weighted by molar-refractivity contribution is 0.594. The number of aryl methyl sites for hydroxylation is 3. The largest absolute Gasteiger partial charge is 0.280 e. The third kappa shape index (κ3) is 3.44. The van der Waals surface area contributed by atoms with E-state index in [1.54, 1.807) is 19.1 Å². The fourth-order valence-corrected chi connectivity index (χ4v) is 3.61. The fourth-order valence-electron chi connectivity index (χ4n) is 2.08. The minimum Gasteiger partial charge on any atom is -0.280 e. The topological polar surface area (TPSA) is 46.2 Å². The van der Waals surface area contributed by atoms with Crippen LogP contribution < -0.4 is 4.72 Å². The molecule has 3 nitrogen and oxygen atoms in total. The maximum absolute atomic E-state index is 13.3. The molecule has 2 rings (SSSR count). The number of halogens is 2. The van der Waals surface area contributed by atoms with Crippen molar-refractivity contribution in [3.63, 3.8) is 0 Å². The van der Waals surface area contributed by atoms with E-state index in [2.05, 4.69) is 20.7 Å². The highest BCUT2D eigenvalue weighted by Crippen LogP contribution is 2.27. The molecule has 112 valence electrons. The summed E-state index contributed by atoms with van der Waals surface area (Å²) in [6.45, 7) is 5.39. The summed E-state index contributed by atoms with van der Waals surface area (Å²) in [6, 6.07) is 7.16. The van der Waals surface area contributed by atoms with Gasteiger partial charge in [0.05, 0.1) is 4.90 Å². The summed E-state index contributed by atoms with van der Waals surface area (Å²) in [5, 5.41) is 0. The molecular formula is C15H15BrFNO2S. The Morgan fingerprint density at radius 1 is 1.00 bits per heavy atom. The first-order valence-corrected chi connectivity index (χ1v) is 8.54. The van der Waals surface area contributed by atoms with Crippen molar-refractivity contribution < 1.29 is 12.8 Å². The molecule has 6 heteroatoms. The van der Waals surface area contributed by atoms with Crippen molar-refractivity contribution in [3.8, 4) is 0 Å². The molecule has 0 aliphatic rings. The van der Waals surface area contributed by atoms with Gasteiger partial charge < -0.3 is 0 Å². The van der Waals surface area contributed by atoms with E-state index in [0.717, 1.165) is 21.7 Å². The van der Waals surface area contributed by atoms with E-state index in [1.165, 1.54) is 12.1 Å². The van der Waals surface area contributed by atoms with Crippen LogP contribution in [0.1, 0.15) is 16.7 Å². The van der Waals surface area contributed by atoms with Crippen LogP contribution in [0.15, 0.2) is 39.7 Å². The number of benzene rings is 2. The third-order valence-electron chi connectivity index (χ3n) is 3.13. The van der Waals surface area contributed by atoms with E-state index in [4.69, 9.17) is 0 Å². The van der Waals surface area contributed by atoms with E-state index < -0.39 is 15.8 Å². The van der Waals surface area contributed by atoms with Crippen LogP contribution in [0.5, 0.6) is 0 Å². The van der Waals surface area contributed by atoms with Crippen LogP contribution in [-0.2, 0) is 10.0 Å². The van der Waals surface area contributed by atoms with Gasteiger partial charge in [-0.25, -0.2) is 12.8 Å². The summed E-state index contributed by atoms with van der Waals surface area (Å²) in [6.07, 6.45) is 0. The highest BCUT2D eigenvalue weighted by atomic mass is 79.9. The lowest BCUT2D eigenvalue weighted by atomic mass is 10.1. The lowest BCUT2D eigenvalue weighted by Crippen LogP contribution is -2.14. The second-order valence-electron chi connectivity index (χ2n) is 4.94. The predicted molar refractivity (Wildman–Crippen MR) is 85.6 cm³/mol. The molecule has 2 aromatic carbocycles. The predicted octanol–water partition coefficient (Wildman–Crippen LogP) is 4.31. The number of hydrogen-bond acceptors (Lipinski definition) is 2. The summed E-state index contributed by atoms with van der Waals surface area (Å²) in [5.74, 6) is -0.579. The molecule has 0 fully saturated rings. The minimum atomic E-state index is -3.82. The fraction of sp³-hybridized carbons (Fsp3) is 0.200. The van der Waals surface area contributed by atoms with Gasteiger partial charge in [-0.15, -0.1) is 0 Å². The molecule has 0 aliphatic heterocycles. The smallest absolute Gasteiger partial charge is 0.262 e. The van der Waals surface area contributed by atoms with Crippen molar-refractivity contribution in [3.05, 3.63) is 57.3 Å². The zero-order valence-corrected chi connectivity index (χ0v) is 14.3. The first-order valence-electron chi connectivity index (χ1n) is 6.26. The first-order chi connectivity index (χ1) is 9.70. The highest BCUT2D eigenvalue weighted by Gasteiger charge is 2.18. The summed E-state index contributed by atoms with van der Waals surface area (Å²) in [7, 11) is -3.82. The molecule has 0 spiro atoms. The van der Waals surface area contributed by atoms with Crippen LogP contribution in [0.4, 0.5) is 10.1 Å². The Hall–Kier alpha value is -1.40. The second kappa shape index (κ2) is 5.77. The molecule has 0 radical (unpaired) electrons. The molecule has 0 atom stereocenters. The molecule has 2 aromatic rings. The van der Waals surface area contributed by atoms with Gasteiger partial charge in [0, 0.05) is 10.2 Å². The molecular weight excluding hydrogens is 357 g/mol. The van der Waals surface area contributed by atoms with Gasteiger partial charge in [0.1, 0.15) is 5.82 Å². The average molecular weight is 372 g/mol. The summed E-state index contributed by atoms with van der Waals surface area (Å²) in [4.78, 5) is -0.0549. The molecule has 0 aliphatic carbocycles. The zero-order chi connectivity index (χ0) is 15.8. The SMILES string of the molecule is Cc1ccc(F)cc1S(=O)(=O)Nc1cc(C)c(Br)c(C)c1. The maximum atomic E-state index is 13.3. The van der Waals surface area contributed by atoms with Gasteiger partial charge in [0.25, 0.3) is 10.0 Å². The standard InChI is InChI=1S/C15H15BrFNO2S/c1-9-4-5-12(17)8-14(9)21(19,20)18-13-6-10(2)15(16)11(3)7-13/h4-8,18H,1-3H3. The molecule has 0 saturated carbocycles. The monoisotopic (exact) mass is 371 g/mol. The Labute approximate surface area is 132 Å². The van der Waals surface area contributed by atoms with Gasteiger partial charge in [-0.2, -0.15) is 0 Å². The van der Waals surface area contributed by atoms with Gasteiger partial charge in [0.15, 0.2) is 0 Å². The van der Waals surface area contributed by atoms with Crippen LogP contribution in [0.2, 0.25) is 0 Å². The van der Waals surface area contributed by atoms with Crippen LogP contribution >= 0.6 is 15.9 Å². The summed E-state index contributed by atoms with van der Waals surface area (Å²) >= 11 is 3.43. The molecule has 0 heterocycles. The number of anilines is 1. The number of rotatable bonds is 3. The molecule has 0 unspecified atom stereocenters. The van der Waals surface area contributed by atoms with Crippen molar-refractivity contribution in [1.82, 2.24) is 0 Å². The van der Waals surface area contributed by atoms with Crippen LogP contribution in [0, 0.1) is 26.6 Å². The van der Waals surface area contributed by atoms with Crippen LogP contribution in [-0.4, -0.2) is 8.42 Å². The van der Waals surface area contributed by atoms with Gasteiger partial charge in [-0.3, -0.25) is 4.72 Å². The Bertz CT molecular complexity index is 780. The summed E-state index contributed by atoms with van der Waals surface area (Å²) < 4.78 is 41.5. The quantitative estimate of drug-likeness (QED) is 0.873. The normalized spacial score (nSPS) is 11.5. The van der Waals surface area contributed by atoms with Gasteiger partial charge in [0.2, 0.25) is 0 Å². The Balaban J connectivity index is 2.45. The number of nitrogens with one attached hydrogen (secondary N) is 1. The zero-order valence-electron chi connectivity index (χ0n) is 11.9.